The minimum absolute atomic E-state index is 0.0977. The monoisotopic (exact) mass is 561 g/mol. The van der Waals surface area contributed by atoms with Crippen molar-refractivity contribution in [2.75, 3.05) is 10.8 Å². The fourth-order valence-electron chi connectivity index (χ4n) is 5.25. The molecule has 0 unspecified atom stereocenters. The van der Waals surface area contributed by atoms with Crippen LogP contribution >= 0.6 is 0 Å². The van der Waals surface area contributed by atoms with Gasteiger partial charge in [0, 0.05) is 12.6 Å². The van der Waals surface area contributed by atoms with E-state index >= 15 is 0 Å². The summed E-state index contributed by atoms with van der Waals surface area (Å²) in [6.07, 6.45) is 5.19. The van der Waals surface area contributed by atoms with Crippen molar-refractivity contribution >= 4 is 27.5 Å². The van der Waals surface area contributed by atoms with Crippen molar-refractivity contribution in [1.29, 1.82) is 0 Å². The van der Waals surface area contributed by atoms with E-state index in [1.165, 1.54) is 27.8 Å². The van der Waals surface area contributed by atoms with Crippen LogP contribution < -0.4 is 9.62 Å². The Bertz CT molecular complexity index is 1400. The lowest BCUT2D eigenvalue weighted by Gasteiger charge is -2.33. The summed E-state index contributed by atoms with van der Waals surface area (Å²) in [6.45, 7) is 5.24. The summed E-state index contributed by atoms with van der Waals surface area (Å²) in [4.78, 5) is 29.0. The summed E-state index contributed by atoms with van der Waals surface area (Å²) < 4.78 is 29.0. The van der Waals surface area contributed by atoms with E-state index < -0.39 is 28.5 Å². The molecule has 2 amide bonds. The number of nitrogens with one attached hydrogen (secondary N) is 1. The molecule has 0 saturated heterocycles. The average molecular weight is 562 g/mol. The molecule has 7 nitrogen and oxygen atoms in total. The third-order valence-electron chi connectivity index (χ3n) is 7.55. The Morgan fingerprint density at radius 1 is 0.900 bits per heavy atom. The van der Waals surface area contributed by atoms with Gasteiger partial charge in [-0.3, -0.25) is 13.9 Å². The SMILES string of the molecule is Cc1ccc(N(CC(=O)N(Cc2ccccc2)[C@H](C)C(=O)NC2CCCCC2)S(=O)(=O)c2ccccc2)c(C)c1. The van der Waals surface area contributed by atoms with Crippen LogP contribution in [0, 0.1) is 13.8 Å². The van der Waals surface area contributed by atoms with Crippen molar-refractivity contribution in [2.45, 2.75) is 76.4 Å². The van der Waals surface area contributed by atoms with Crippen molar-refractivity contribution < 1.29 is 18.0 Å². The number of hydrogen-bond acceptors (Lipinski definition) is 4. The third kappa shape index (κ3) is 7.10. The maximum Gasteiger partial charge on any atom is 0.264 e. The topological polar surface area (TPSA) is 86.8 Å². The Morgan fingerprint density at radius 3 is 2.15 bits per heavy atom. The van der Waals surface area contributed by atoms with Gasteiger partial charge in [0.25, 0.3) is 10.0 Å². The summed E-state index contributed by atoms with van der Waals surface area (Å²) in [5.74, 6) is -0.671. The van der Waals surface area contributed by atoms with Crippen molar-refractivity contribution in [3.05, 3.63) is 95.6 Å². The van der Waals surface area contributed by atoms with Gasteiger partial charge < -0.3 is 10.2 Å². The smallest absolute Gasteiger partial charge is 0.264 e. The second kappa shape index (κ2) is 13.1. The van der Waals surface area contributed by atoms with E-state index in [9.17, 15) is 18.0 Å². The van der Waals surface area contributed by atoms with Gasteiger partial charge in [0.15, 0.2) is 0 Å². The van der Waals surface area contributed by atoms with E-state index in [1.54, 1.807) is 31.2 Å². The van der Waals surface area contributed by atoms with Crippen LogP contribution in [0.5, 0.6) is 0 Å². The first-order valence-electron chi connectivity index (χ1n) is 14.0. The summed E-state index contributed by atoms with van der Waals surface area (Å²) in [7, 11) is -4.07. The highest BCUT2D eigenvalue weighted by molar-refractivity contribution is 7.92. The lowest BCUT2D eigenvalue weighted by molar-refractivity contribution is -0.139. The Hall–Kier alpha value is -3.65. The highest BCUT2D eigenvalue weighted by Crippen LogP contribution is 2.28. The molecule has 1 fully saturated rings. The highest BCUT2D eigenvalue weighted by Gasteiger charge is 2.33. The number of rotatable bonds is 10. The minimum atomic E-state index is -4.07. The van der Waals surface area contributed by atoms with Gasteiger partial charge in [0.05, 0.1) is 10.6 Å². The number of hydrogen-bond donors (Lipinski definition) is 1. The van der Waals surface area contributed by atoms with Gasteiger partial charge in [-0.25, -0.2) is 8.42 Å². The van der Waals surface area contributed by atoms with E-state index in [2.05, 4.69) is 5.32 Å². The van der Waals surface area contributed by atoms with E-state index in [0.29, 0.717) is 5.69 Å². The Kier molecular flexibility index (Phi) is 9.63. The molecule has 0 bridgehead atoms. The molecule has 3 aromatic rings. The predicted octanol–water partition coefficient (Wildman–Crippen LogP) is 5.36. The van der Waals surface area contributed by atoms with Crippen LogP contribution in [0.15, 0.2) is 83.8 Å². The second-order valence-electron chi connectivity index (χ2n) is 10.6. The molecule has 1 saturated carbocycles. The number of amides is 2. The van der Waals surface area contributed by atoms with Gasteiger partial charge in [-0.2, -0.15) is 0 Å². The molecular formula is C32H39N3O4S. The molecule has 4 rings (SSSR count). The highest BCUT2D eigenvalue weighted by atomic mass is 32.2. The maximum absolute atomic E-state index is 14.1. The van der Waals surface area contributed by atoms with E-state index in [-0.39, 0.29) is 23.4 Å². The van der Waals surface area contributed by atoms with Gasteiger partial charge in [0.1, 0.15) is 12.6 Å². The van der Waals surface area contributed by atoms with Gasteiger partial charge in [0.2, 0.25) is 11.8 Å². The van der Waals surface area contributed by atoms with Crippen molar-refractivity contribution in [3.8, 4) is 0 Å². The van der Waals surface area contributed by atoms with Crippen molar-refractivity contribution in [1.82, 2.24) is 10.2 Å². The Labute approximate surface area is 238 Å². The first kappa shape index (κ1) is 29.3. The van der Waals surface area contributed by atoms with Gasteiger partial charge >= 0.3 is 0 Å². The van der Waals surface area contributed by atoms with Crippen LogP contribution in [0.1, 0.15) is 55.7 Å². The molecule has 1 aliphatic rings. The molecular weight excluding hydrogens is 522 g/mol. The summed E-state index contributed by atoms with van der Waals surface area (Å²) in [6, 6.07) is 22.4. The third-order valence-corrected chi connectivity index (χ3v) is 9.32. The van der Waals surface area contributed by atoms with Crippen molar-refractivity contribution in [2.24, 2.45) is 0 Å². The van der Waals surface area contributed by atoms with E-state index in [1.807, 2.05) is 56.3 Å². The van der Waals surface area contributed by atoms with Crippen LogP contribution in [0.2, 0.25) is 0 Å². The van der Waals surface area contributed by atoms with E-state index in [4.69, 9.17) is 0 Å². The van der Waals surface area contributed by atoms with Crippen LogP contribution in [0.4, 0.5) is 5.69 Å². The zero-order valence-electron chi connectivity index (χ0n) is 23.5. The van der Waals surface area contributed by atoms with Gasteiger partial charge in [-0.1, -0.05) is 85.5 Å². The van der Waals surface area contributed by atoms with Crippen molar-refractivity contribution in [3.63, 3.8) is 0 Å². The summed E-state index contributed by atoms with van der Waals surface area (Å²) >= 11 is 0. The van der Waals surface area contributed by atoms with Gasteiger partial charge in [-0.15, -0.1) is 0 Å². The zero-order chi connectivity index (χ0) is 28.7. The molecule has 3 aromatic carbocycles. The maximum atomic E-state index is 14.1. The standard InChI is InChI=1S/C32H39N3O4S/c1-24-19-20-30(25(2)21-24)35(40(38,39)29-17-11-6-12-18-29)23-31(36)34(22-27-13-7-4-8-14-27)26(3)32(37)33-28-15-9-5-10-16-28/h4,6-8,11-14,17-21,26,28H,5,9-10,15-16,22-23H2,1-3H3,(H,33,37)/t26-/m1/s1. The molecule has 0 aliphatic heterocycles. The normalized spacial score (nSPS) is 14.8. The molecule has 1 aliphatic carbocycles. The largest absolute Gasteiger partial charge is 0.352 e. The molecule has 8 heteroatoms. The summed E-state index contributed by atoms with van der Waals surface area (Å²) in [5, 5.41) is 3.13. The fraction of sp³-hybridized carbons (Fsp3) is 0.375. The Balaban J connectivity index is 1.68. The number of sulfonamides is 1. The first-order valence-corrected chi connectivity index (χ1v) is 15.4. The van der Waals surface area contributed by atoms with Gasteiger partial charge in [-0.05, 0) is 62.9 Å². The zero-order valence-corrected chi connectivity index (χ0v) is 24.4. The molecule has 212 valence electrons. The molecule has 40 heavy (non-hydrogen) atoms. The lowest BCUT2D eigenvalue weighted by Crippen LogP contribution is -2.53. The molecule has 0 spiro atoms. The second-order valence-corrected chi connectivity index (χ2v) is 12.5. The number of aryl methyl sites for hydroxylation is 2. The fourth-order valence-corrected chi connectivity index (χ4v) is 6.75. The minimum Gasteiger partial charge on any atom is -0.352 e. The van der Waals surface area contributed by atoms with Crippen LogP contribution in [-0.2, 0) is 26.2 Å². The lowest BCUT2D eigenvalue weighted by atomic mass is 9.95. The molecule has 1 atom stereocenters. The molecule has 0 aromatic heterocycles. The number of benzene rings is 3. The van der Waals surface area contributed by atoms with Crippen LogP contribution in [0.3, 0.4) is 0 Å². The Morgan fingerprint density at radius 2 is 1.52 bits per heavy atom. The predicted molar refractivity (Wildman–Crippen MR) is 158 cm³/mol. The first-order chi connectivity index (χ1) is 19.2. The number of nitrogens with zero attached hydrogens (tertiary/aromatic N) is 2. The van der Waals surface area contributed by atoms with E-state index in [0.717, 1.165) is 42.4 Å². The van der Waals surface area contributed by atoms with Crippen LogP contribution in [-0.4, -0.2) is 43.8 Å². The number of anilines is 1. The molecule has 1 N–H and O–H groups in total. The summed E-state index contributed by atoms with van der Waals surface area (Å²) in [5.41, 5.74) is 3.02. The molecule has 0 radical (unpaired) electrons. The van der Waals surface area contributed by atoms with Crippen LogP contribution in [0.25, 0.3) is 0 Å². The number of carbonyl (C=O) groups is 2. The average Bonchev–Trinajstić information content (AvgIpc) is 2.96. The quantitative estimate of drug-likeness (QED) is 0.361. The molecule has 0 heterocycles. The number of carbonyl (C=O) groups excluding carboxylic acids is 2.